The molecule has 1 aromatic rings. The molecule has 1 aromatic carbocycles. The minimum atomic E-state index is -3.85. The molecule has 0 fully saturated rings. The van der Waals surface area contributed by atoms with Crippen LogP contribution in [-0.2, 0) is 20.8 Å². The largest absolute Gasteiger partial charge is 0.478 e. The van der Waals surface area contributed by atoms with Crippen LogP contribution < -0.4 is 4.72 Å². The van der Waals surface area contributed by atoms with Crippen molar-refractivity contribution in [3.05, 3.63) is 28.2 Å². The molecule has 0 aliphatic heterocycles. The van der Waals surface area contributed by atoms with Crippen molar-refractivity contribution in [1.29, 1.82) is 0 Å². The second-order valence-electron chi connectivity index (χ2n) is 4.21. The van der Waals surface area contributed by atoms with Gasteiger partial charge in [0.15, 0.2) is 0 Å². The van der Waals surface area contributed by atoms with Gasteiger partial charge in [-0.3, -0.25) is 4.21 Å². The summed E-state index contributed by atoms with van der Waals surface area (Å²) in [7, 11) is -4.98. The van der Waals surface area contributed by atoms with E-state index in [4.69, 9.17) is 5.11 Å². The summed E-state index contributed by atoms with van der Waals surface area (Å²) >= 11 is 3.05. The molecule has 0 saturated heterocycles. The van der Waals surface area contributed by atoms with Crippen molar-refractivity contribution in [2.45, 2.75) is 17.9 Å². The first-order chi connectivity index (χ1) is 9.13. The standard InChI is InChI=1S/C11H14BrNO5S2/c1-7(6-19(2)16)13-20(17,18)8-3-4-10(12)9(5-8)11(14)15/h3-5,7,13H,6H2,1-2H3,(H,14,15). The van der Waals surface area contributed by atoms with Crippen molar-refractivity contribution >= 4 is 42.7 Å². The van der Waals surface area contributed by atoms with Gasteiger partial charge in [0.1, 0.15) is 0 Å². The highest BCUT2D eigenvalue weighted by Crippen LogP contribution is 2.21. The van der Waals surface area contributed by atoms with Crippen LogP contribution in [0.1, 0.15) is 17.3 Å². The lowest BCUT2D eigenvalue weighted by Gasteiger charge is -2.13. The van der Waals surface area contributed by atoms with Gasteiger partial charge in [-0.2, -0.15) is 0 Å². The molecule has 0 heterocycles. The topological polar surface area (TPSA) is 101 Å². The zero-order chi connectivity index (χ0) is 15.5. The summed E-state index contributed by atoms with van der Waals surface area (Å²) in [6, 6.07) is 3.22. The molecule has 0 saturated carbocycles. The Balaban J connectivity index is 3.07. The zero-order valence-corrected chi connectivity index (χ0v) is 14.0. The van der Waals surface area contributed by atoms with Crippen LogP contribution in [-0.4, -0.2) is 41.8 Å². The third-order valence-corrected chi connectivity index (χ3v) is 5.57. The smallest absolute Gasteiger partial charge is 0.336 e. The fraction of sp³-hybridized carbons (Fsp3) is 0.364. The Kier molecular flexibility index (Phi) is 5.87. The Hall–Kier alpha value is -0.770. The Morgan fingerprint density at radius 2 is 2.10 bits per heavy atom. The van der Waals surface area contributed by atoms with Crippen LogP contribution in [0.5, 0.6) is 0 Å². The van der Waals surface area contributed by atoms with E-state index in [9.17, 15) is 17.4 Å². The van der Waals surface area contributed by atoms with Crippen molar-refractivity contribution in [2.24, 2.45) is 0 Å². The van der Waals surface area contributed by atoms with E-state index in [0.29, 0.717) is 4.47 Å². The van der Waals surface area contributed by atoms with Crippen LogP contribution in [0.15, 0.2) is 27.6 Å². The molecule has 2 atom stereocenters. The van der Waals surface area contributed by atoms with E-state index < -0.39 is 32.8 Å². The summed E-state index contributed by atoms with van der Waals surface area (Å²) < 4.78 is 37.9. The minimum Gasteiger partial charge on any atom is -0.478 e. The van der Waals surface area contributed by atoms with Crippen LogP contribution in [0, 0.1) is 0 Å². The van der Waals surface area contributed by atoms with Crippen molar-refractivity contribution in [1.82, 2.24) is 4.72 Å². The Bertz CT molecular complexity index is 644. The number of benzene rings is 1. The van der Waals surface area contributed by atoms with Crippen molar-refractivity contribution < 1.29 is 22.5 Å². The molecule has 0 aliphatic rings. The maximum absolute atomic E-state index is 12.1. The van der Waals surface area contributed by atoms with Gasteiger partial charge in [0.05, 0.1) is 10.5 Å². The van der Waals surface area contributed by atoms with E-state index in [0.717, 1.165) is 6.07 Å². The average Bonchev–Trinajstić information content (AvgIpc) is 2.26. The molecule has 20 heavy (non-hydrogen) atoms. The highest BCUT2D eigenvalue weighted by atomic mass is 79.9. The first-order valence-electron chi connectivity index (χ1n) is 5.48. The number of hydrogen-bond acceptors (Lipinski definition) is 4. The number of hydrogen-bond donors (Lipinski definition) is 2. The van der Waals surface area contributed by atoms with E-state index in [2.05, 4.69) is 20.7 Å². The molecule has 0 spiro atoms. The quantitative estimate of drug-likeness (QED) is 0.768. The summed E-state index contributed by atoms with van der Waals surface area (Å²) in [6.45, 7) is 1.59. The predicted octanol–water partition coefficient (Wildman–Crippen LogP) is 1.19. The van der Waals surface area contributed by atoms with Gasteiger partial charge in [0.25, 0.3) is 0 Å². The highest BCUT2D eigenvalue weighted by molar-refractivity contribution is 9.10. The molecule has 0 bridgehead atoms. The summed E-state index contributed by atoms with van der Waals surface area (Å²) in [5, 5.41) is 8.97. The van der Waals surface area contributed by atoms with Gasteiger partial charge in [-0.25, -0.2) is 17.9 Å². The molecule has 0 amide bonds. The molecule has 0 aromatic heterocycles. The van der Waals surface area contributed by atoms with Crippen LogP contribution in [0.3, 0.4) is 0 Å². The number of carboxylic acids is 1. The van der Waals surface area contributed by atoms with Crippen LogP contribution in [0.25, 0.3) is 0 Å². The van der Waals surface area contributed by atoms with Crippen LogP contribution in [0.2, 0.25) is 0 Å². The number of carbonyl (C=O) groups is 1. The van der Waals surface area contributed by atoms with E-state index in [1.165, 1.54) is 18.4 Å². The third-order valence-electron chi connectivity index (χ3n) is 2.32. The van der Waals surface area contributed by atoms with E-state index in [1.807, 2.05) is 0 Å². The van der Waals surface area contributed by atoms with Crippen molar-refractivity contribution in [3.63, 3.8) is 0 Å². The highest BCUT2D eigenvalue weighted by Gasteiger charge is 2.20. The van der Waals surface area contributed by atoms with Gasteiger partial charge in [-0.15, -0.1) is 0 Å². The summed E-state index contributed by atoms with van der Waals surface area (Å²) in [6.07, 6.45) is 1.48. The summed E-state index contributed by atoms with van der Waals surface area (Å²) in [5.41, 5.74) is -0.139. The predicted molar refractivity (Wildman–Crippen MR) is 79.8 cm³/mol. The Morgan fingerprint density at radius 1 is 1.50 bits per heavy atom. The molecule has 112 valence electrons. The maximum atomic E-state index is 12.1. The van der Waals surface area contributed by atoms with Gasteiger partial charge < -0.3 is 5.11 Å². The monoisotopic (exact) mass is 383 g/mol. The van der Waals surface area contributed by atoms with Gasteiger partial charge in [-0.1, -0.05) is 0 Å². The maximum Gasteiger partial charge on any atom is 0.336 e. The number of halogens is 1. The summed E-state index contributed by atoms with van der Waals surface area (Å²) in [4.78, 5) is 10.8. The number of rotatable bonds is 6. The SMILES string of the molecule is CC(CS(C)=O)NS(=O)(=O)c1ccc(Br)c(C(=O)O)c1. The fourth-order valence-electron chi connectivity index (χ4n) is 1.55. The molecule has 9 heteroatoms. The summed E-state index contributed by atoms with van der Waals surface area (Å²) in [5.74, 6) is -1.04. The number of sulfonamides is 1. The molecular weight excluding hydrogens is 370 g/mol. The lowest BCUT2D eigenvalue weighted by atomic mass is 10.2. The third kappa shape index (κ3) is 4.65. The first-order valence-corrected chi connectivity index (χ1v) is 9.49. The molecule has 0 radical (unpaired) electrons. The molecular formula is C11H14BrNO5S2. The molecule has 2 unspecified atom stereocenters. The van der Waals surface area contributed by atoms with E-state index in [-0.39, 0.29) is 16.2 Å². The second kappa shape index (κ2) is 6.79. The normalized spacial score (nSPS) is 14.8. The Labute approximate surface area is 128 Å². The number of nitrogens with one attached hydrogen (secondary N) is 1. The number of carboxylic acid groups (broad SMARTS) is 1. The van der Waals surface area contributed by atoms with Gasteiger partial charge >= 0.3 is 5.97 Å². The second-order valence-corrected chi connectivity index (χ2v) is 8.26. The van der Waals surface area contributed by atoms with Crippen LogP contribution in [0.4, 0.5) is 0 Å². The van der Waals surface area contributed by atoms with Crippen molar-refractivity contribution in [2.75, 3.05) is 12.0 Å². The number of aromatic carboxylic acids is 1. The lowest BCUT2D eigenvalue weighted by molar-refractivity contribution is 0.0695. The first kappa shape index (κ1) is 17.3. The zero-order valence-electron chi connectivity index (χ0n) is 10.8. The molecule has 1 rings (SSSR count). The van der Waals surface area contributed by atoms with Crippen molar-refractivity contribution in [3.8, 4) is 0 Å². The lowest BCUT2D eigenvalue weighted by Crippen LogP contribution is -2.36. The molecule has 2 N–H and O–H groups in total. The van der Waals surface area contributed by atoms with E-state index in [1.54, 1.807) is 6.92 Å². The minimum absolute atomic E-state index is 0.139. The average molecular weight is 384 g/mol. The Morgan fingerprint density at radius 3 is 2.60 bits per heavy atom. The molecule has 6 nitrogen and oxygen atoms in total. The molecule has 0 aliphatic carbocycles. The van der Waals surface area contributed by atoms with Gasteiger partial charge in [0.2, 0.25) is 10.0 Å². The van der Waals surface area contributed by atoms with E-state index >= 15 is 0 Å². The van der Waals surface area contributed by atoms with Crippen LogP contribution >= 0.6 is 15.9 Å². The van der Waals surface area contributed by atoms with Gasteiger partial charge in [-0.05, 0) is 41.1 Å². The fourth-order valence-corrected chi connectivity index (χ4v) is 4.13. The van der Waals surface area contributed by atoms with Gasteiger partial charge in [0, 0.05) is 33.3 Å².